The monoisotopic (exact) mass is 353 g/mol. The van der Waals surface area contributed by atoms with Crippen molar-refractivity contribution in [2.75, 3.05) is 5.73 Å². The van der Waals surface area contributed by atoms with Crippen LogP contribution in [0.4, 0.5) is 5.82 Å². The van der Waals surface area contributed by atoms with Crippen LogP contribution in [-0.2, 0) is 0 Å². The molecule has 0 aliphatic heterocycles. The fraction of sp³-hybridized carbons (Fsp3) is 0.286. The van der Waals surface area contributed by atoms with Gasteiger partial charge in [-0.3, -0.25) is 4.79 Å². The summed E-state index contributed by atoms with van der Waals surface area (Å²) in [6, 6.07) is 5.73. The third kappa shape index (κ3) is 3.58. The van der Waals surface area contributed by atoms with Crippen molar-refractivity contribution in [1.29, 1.82) is 0 Å². The number of thiophene rings is 1. The van der Waals surface area contributed by atoms with Crippen LogP contribution in [0.1, 0.15) is 41.0 Å². The molecular weight excluding hydrogens is 338 g/mol. The molecule has 0 spiro atoms. The zero-order valence-corrected chi connectivity index (χ0v) is 13.5. The Morgan fingerprint density at radius 3 is 3.05 bits per heavy atom. The van der Waals surface area contributed by atoms with E-state index in [-0.39, 0.29) is 17.8 Å². The van der Waals surface area contributed by atoms with E-state index >= 15 is 0 Å². The number of amides is 1. The molecule has 0 bridgehead atoms. The number of nitrogens with zero attached hydrogens (tertiary/aromatic N) is 1. The number of nitrogens with one attached hydrogen (secondary N) is 1. The van der Waals surface area contributed by atoms with Crippen molar-refractivity contribution in [2.45, 2.75) is 25.8 Å². The molecule has 1 unspecified atom stereocenters. The normalized spacial score (nSPS) is 12.1. The third-order valence-electron chi connectivity index (χ3n) is 2.90. The molecule has 1 amide bonds. The second-order valence-electron chi connectivity index (χ2n) is 4.42. The molecule has 0 saturated heterocycles. The number of anilines is 1. The first-order chi connectivity index (χ1) is 9.61. The standard InChI is InChI=1S/C14H16BrN3OS/c1-2-4-11(12-5-3-6-20-12)18-14(19)10-7-9(15)8-17-13(10)16/h3,5-8,11H,2,4H2,1H3,(H2,16,17)(H,18,19). The van der Waals surface area contributed by atoms with E-state index in [2.05, 4.69) is 33.2 Å². The number of pyridine rings is 1. The Bertz CT molecular complexity index is 586. The highest BCUT2D eigenvalue weighted by Crippen LogP contribution is 2.24. The summed E-state index contributed by atoms with van der Waals surface area (Å²) in [5.41, 5.74) is 6.17. The van der Waals surface area contributed by atoms with Gasteiger partial charge in [0.25, 0.3) is 5.91 Å². The first kappa shape index (κ1) is 15.0. The number of halogens is 1. The SMILES string of the molecule is CCCC(NC(=O)c1cc(Br)cnc1N)c1cccs1. The van der Waals surface area contributed by atoms with Gasteiger partial charge >= 0.3 is 0 Å². The number of carbonyl (C=O) groups is 1. The highest BCUT2D eigenvalue weighted by molar-refractivity contribution is 9.10. The second kappa shape index (κ2) is 6.85. The molecule has 3 N–H and O–H groups in total. The summed E-state index contributed by atoms with van der Waals surface area (Å²) in [7, 11) is 0. The van der Waals surface area contributed by atoms with Crippen LogP contribution in [0.15, 0.2) is 34.2 Å². The Balaban J connectivity index is 2.18. The van der Waals surface area contributed by atoms with E-state index in [4.69, 9.17) is 5.73 Å². The molecule has 0 aliphatic carbocycles. The summed E-state index contributed by atoms with van der Waals surface area (Å²) in [4.78, 5) is 17.5. The molecule has 2 aromatic heterocycles. The van der Waals surface area contributed by atoms with Gasteiger partial charge in [-0.25, -0.2) is 4.98 Å². The molecule has 0 aliphatic rings. The zero-order valence-electron chi connectivity index (χ0n) is 11.1. The lowest BCUT2D eigenvalue weighted by Gasteiger charge is -2.17. The van der Waals surface area contributed by atoms with Crippen molar-refractivity contribution in [3.63, 3.8) is 0 Å². The van der Waals surface area contributed by atoms with E-state index in [0.717, 1.165) is 22.2 Å². The van der Waals surface area contributed by atoms with E-state index in [1.165, 1.54) is 0 Å². The average Bonchev–Trinajstić information content (AvgIpc) is 2.95. The molecule has 1 atom stereocenters. The number of hydrogen-bond acceptors (Lipinski definition) is 4. The Labute approximate surface area is 130 Å². The van der Waals surface area contributed by atoms with Crippen LogP contribution in [0.5, 0.6) is 0 Å². The van der Waals surface area contributed by atoms with Crippen molar-refractivity contribution in [3.05, 3.63) is 44.7 Å². The number of nitrogen functional groups attached to an aromatic ring is 1. The highest BCUT2D eigenvalue weighted by atomic mass is 79.9. The minimum atomic E-state index is -0.192. The average molecular weight is 354 g/mol. The van der Waals surface area contributed by atoms with Gasteiger partial charge in [0.15, 0.2) is 0 Å². The number of hydrogen-bond donors (Lipinski definition) is 2. The van der Waals surface area contributed by atoms with E-state index in [9.17, 15) is 4.79 Å². The molecule has 2 aromatic rings. The van der Waals surface area contributed by atoms with E-state index < -0.39 is 0 Å². The van der Waals surface area contributed by atoms with Crippen molar-refractivity contribution >= 4 is 39.0 Å². The molecule has 0 aromatic carbocycles. The largest absolute Gasteiger partial charge is 0.383 e. The third-order valence-corrected chi connectivity index (χ3v) is 4.32. The number of aromatic nitrogens is 1. The molecule has 106 valence electrons. The van der Waals surface area contributed by atoms with Gasteiger partial charge in [0.2, 0.25) is 0 Å². The molecule has 0 saturated carbocycles. The summed E-state index contributed by atoms with van der Waals surface area (Å²) >= 11 is 4.95. The Hall–Kier alpha value is -1.40. The van der Waals surface area contributed by atoms with Crippen molar-refractivity contribution in [2.24, 2.45) is 0 Å². The predicted molar refractivity (Wildman–Crippen MR) is 85.8 cm³/mol. The van der Waals surface area contributed by atoms with Gasteiger partial charge in [-0.2, -0.15) is 0 Å². The van der Waals surface area contributed by atoms with Gasteiger partial charge in [-0.1, -0.05) is 19.4 Å². The molecule has 0 fully saturated rings. The number of nitrogens with two attached hydrogens (primary N) is 1. The van der Waals surface area contributed by atoms with Gasteiger partial charge in [0.05, 0.1) is 11.6 Å². The van der Waals surface area contributed by atoms with Crippen LogP contribution in [0.25, 0.3) is 0 Å². The van der Waals surface area contributed by atoms with E-state index in [0.29, 0.717) is 5.56 Å². The summed E-state index contributed by atoms with van der Waals surface area (Å²) < 4.78 is 0.736. The lowest BCUT2D eigenvalue weighted by molar-refractivity contribution is 0.0936. The van der Waals surface area contributed by atoms with Gasteiger partial charge in [-0.05, 0) is 39.9 Å². The number of carbonyl (C=O) groups excluding carboxylic acids is 1. The summed E-state index contributed by atoms with van der Waals surface area (Å²) in [6.07, 6.45) is 3.47. The molecule has 2 rings (SSSR count). The van der Waals surface area contributed by atoms with Crippen LogP contribution in [0.2, 0.25) is 0 Å². The lowest BCUT2D eigenvalue weighted by Crippen LogP contribution is -2.28. The van der Waals surface area contributed by atoms with Gasteiger partial charge in [0.1, 0.15) is 5.82 Å². The Kier molecular flexibility index (Phi) is 5.14. The highest BCUT2D eigenvalue weighted by Gasteiger charge is 2.18. The van der Waals surface area contributed by atoms with Crippen LogP contribution in [0.3, 0.4) is 0 Å². The quantitative estimate of drug-likeness (QED) is 0.859. The minimum absolute atomic E-state index is 0.0193. The lowest BCUT2D eigenvalue weighted by atomic mass is 10.1. The zero-order chi connectivity index (χ0) is 14.5. The molecular formula is C14H16BrN3OS. The van der Waals surface area contributed by atoms with Crippen LogP contribution in [-0.4, -0.2) is 10.9 Å². The van der Waals surface area contributed by atoms with Crippen LogP contribution >= 0.6 is 27.3 Å². The van der Waals surface area contributed by atoms with Crippen molar-refractivity contribution in [3.8, 4) is 0 Å². The summed E-state index contributed by atoms with van der Waals surface area (Å²) in [5, 5.41) is 5.05. The van der Waals surface area contributed by atoms with E-state index in [1.807, 2.05) is 17.5 Å². The fourth-order valence-electron chi connectivity index (χ4n) is 1.93. The topological polar surface area (TPSA) is 68.0 Å². The van der Waals surface area contributed by atoms with Gasteiger partial charge in [-0.15, -0.1) is 11.3 Å². The smallest absolute Gasteiger partial charge is 0.255 e. The van der Waals surface area contributed by atoms with Crippen LogP contribution in [0, 0.1) is 0 Å². The molecule has 0 radical (unpaired) electrons. The van der Waals surface area contributed by atoms with Gasteiger partial charge < -0.3 is 11.1 Å². The maximum Gasteiger partial charge on any atom is 0.255 e. The molecule has 4 nitrogen and oxygen atoms in total. The fourth-order valence-corrected chi connectivity index (χ4v) is 3.08. The van der Waals surface area contributed by atoms with Gasteiger partial charge in [0, 0.05) is 15.5 Å². The number of rotatable bonds is 5. The van der Waals surface area contributed by atoms with Crippen molar-refractivity contribution < 1.29 is 4.79 Å². The first-order valence-electron chi connectivity index (χ1n) is 6.37. The molecule has 6 heteroatoms. The predicted octanol–water partition coefficient (Wildman–Crippen LogP) is 3.76. The molecule has 20 heavy (non-hydrogen) atoms. The van der Waals surface area contributed by atoms with Crippen molar-refractivity contribution in [1.82, 2.24) is 10.3 Å². The maximum absolute atomic E-state index is 12.4. The second-order valence-corrected chi connectivity index (χ2v) is 6.31. The summed E-state index contributed by atoms with van der Waals surface area (Å²) in [5.74, 6) is 0.0512. The first-order valence-corrected chi connectivity index (χ1v) is 8.04. The Morgan fingerprint density at radius 2 is 2.40 bits per heavy atom. The van der Waals surface area contributed by atoms with Crippen LogP contribution < -0.4 is 11.1 Å². The maximum atomic E-state index is 12.4. The Morgan fingerprint density at radius 1 is 1.60 bits per heavy atom. The minimum Gasteiger partial charge on any atom is -0.383 e. The van der Waals surface area contributed by atoms with E-state index in [1.54, 1.807) is 23.6 Å². The molecule has 2 heterocycles. The summed E-state index contributed by atoms with van der Waals surface area (Å²) in [6.45, 7) is 2.10.